The Labute approximate surface area is 374 Å². The van der Waals surface area contributed by atoms with Gasteiger partial charge in [0.15, 0.2) is 0 Å². The number of imidazole rings is 1. The molecular formula is C46H63N7O8S2. The van der Waals surface area contributed by atoms with Crippen molar-refractivity contribution in [1.82, 2.24) is 29.5 Å². The van der Waals surface area contributed by atoms with Crippen LogP contribution in [0.2, 0.25) is 0 Å². The smallest absolute Gasteiger partial charge is 0.408 e. The van der Waals surface area contributed by atoms with E-state index in [1.807, 2.05) is 55.6 Å². The van der Waals surface area contributed by atoms with E-state index in [1.54, 1.807) is 43.6 Å². The Morgan fingerprint density at radius 2 is 1.79 bits per heavy atom. The molecule has 3 heterocycles. The van der Waals surface area contributed by atoms with Crippen molar-refractivity contribution in [3.8, 4) is 21.8 Å². The molecule has 3 aliphatic rings. The minimum atomic E-state index is -3.47. The van der Waals surface area contributed by atoms with Gasteiger partial charge in [-0.25, -0.2) is 23.0 Å². The van der Waals surface area contributed by atoms with Gasteiger partial charge >= 0.3 is 11.8 Å². The first-order chi connectivity index (χ1) is 29.7. The number of amides is 4. The maximum atomic E-state index is 12.3. The summed E-state index contributed by atoms with van der Waals surface area (Å²) < 4.78 is 32.2. The topological polar surface area (TPSA) is 216 Å². The number of para-hydroxylation sites is 1. The quantitative estimate of drug-likeness (QED) is 0.0729. The number of sulfonamides is 1. The van der Waals surface area contributed by atoms with Crippen molar-refractivity contribution in [3.05, 3.63) is 76.5 Å². The molecule has 5 N–H and O–H groups in total. The number of thiazole rings is 1. The number of ether oxygens (including phenoxy) is 1. The molecule has 7 rings (SSSR count). The molecule has 0 spiro atoms. The number of carbonyl (C=O) groups is 4. The number of H-pyrrole nitrogens is 1. The van der Waals surface area contributed by atoms with Gasteiger partial charge in [-0.3, -0.25) is 23.7 Å². The van der Waals surface area contributed by atoms with Gasteiger partial charge in [0, 0.05) is 35.0 Å². The number of hydrogen-bond acceptors (Lipinski definition) is 10. The fraction of sp³-hybridized carbons (Fsp3) is 0.522. The number of hydrogen-bond donors (Lipinski definition) is 4. The lowest BCUT2D eigenvalue weighted by Gasteiger charge is -2.23. The highest BCUT2D eigenvalue weighted by Gasteiger charge is 2.52. The van der Waals surface area contributed by atoms with Crippen LogP contribution in [0.4, 0.5) is 4.79 Å². The Balaban J connectivity index is 0.000000180. The number of nitrogens with zero attached hydrogens (tertiary/aromatic N) is 3. The Morgan fingerprint density at radius 3 is 2.43 bits per heavy atom. The summed E-state index contributed by atoms with van der Waals surface area (Å²) in [5.41, 5.74) is 9.25. The highest BCUT2D eigenvalue weighted by atomic mass is 32.2. The van der Waals surface area contributed by atoms with E-state index in [0.29, 0.717) is 25.8 Å². The van der Waals surface area contributed by atoms with Crippen LogP contribution in [0, 0.1) is 11.8 Å². The normalized spacial score (nSPS) is 18.9. The second-order valence-electron chi connectivity index (χ2n) is 17.9. The predicted molar refractivity (Wildman–Crippen MR) is 247 cm³/mol. The Kier molecular flexibility index (Phi) is 16.2. The number of carbonyl (C=O) groups excluding carboxylic acids is 4. The Hall–Kier alpha value is -5.29. The minimum absolute atomic E-state index is 0.0778. The molecule has 1 saturated heterocycles. The summed E-state index contributed by atoms with van der Waals surface area (Å²) in [6, 6.07) is 15.6. The van der Waals surface area contributed by atoms with Crippen LogP contribution in [0.3, 0.4) is 0 Å². The van der Waals surface area contributed by atoms with Crippen LogP contribution in [0.1, 0.15) is 112 Å². The van der Waals surface area contributed by atoms with Crippen LogP contribution in [-0.2, 0) is 29.1 Å². The standard InChI is InChI=1S/C19H17N3OS.C15H25NO3S.C12H21N3O4/c1-12(2)22-16-10-6-9-14(17(16)21-19(22)23)15-11-24-18(20-15)13-7-4-3-5-8-13;1-3-4-5-6-7-8-12-11-13(12)14(17)16-20(18,19)15(2)9-10-15;1-12(2,3)19-11(18)14-7-9(16)15-6-4-5-8(15)10(13)17/h3-12H,1-2H3,(H,21,23);7-8,12-13H,3-6,9-11H2,1-2H3,(H,16,17);8H,4-7H2,1-3H3,(H2,13,17)(H,14,18)/b;8-7-;. The second-order valence-corrected chi connectivity index (χ2v) is 20.9. The van der Waals surface area contributed by atoms with Gasteiger partial charge in [0.1, 0.15) is 23.2 Å². The third-order valence-corrected chi connectivity index (χ3v) is 14.2. The fourth-order valence-electron chi connectivity index (χ4n) is 7.20. The average molecular weight is 906 g/mol. The molecule has 3 fully saturated rings. The third kappa shape index (κ3) is 13.1. The summed E-state index contributed by atoms with van der Waals surface area (Å²) >= 11 is 1.61. The van der Waals surface area contributed by atoms with Crippen molar-refractivity contribution in [2.45, 2.75) is 129 Å². The van der Waals surface area contributed by atoms with Gasteiger partial charge in [-0.15, -0.1) is 11.3 Å². The third-order valence-electron chi connectivity index (χ3n) is 11.1. The van der Waals surface area contributed by atoms with Gasteiger partial charge in [-0.05, 0) is 98.5 Å². The van der Waals surface area contributed by atoms with Gasteiger partial charge in [0.2, 0.25) is 27.7 Å². The lowest BCUT2D eigenvalue weighted by atomic mass is 10.1. The van der Waals surface area contributed by atoms with E-state index in [1.165, 1.54) is 24.2 Å². The summed E-state index contributed by atoms with van der Waals surface area (Å²) in [5.74, 6) is -1.06. The first kappa shape index (κ1) is 48.7. The van der Waals surface area contributed by atoms with E-state index >= 15 is 0 Å². The molecule has 63 heavy (non-hydrogen) atoms. The number of primary amides is 1. The van der Waals surface area contributed by atoms with Crippen molar-refractivity contribution in [1.29, 1.82) is 0 Å². The molecule has 2 saturated carbocycles. The number of alkyl carbamates (subject to hydrolysis) is 1. The average Bonchev–Trinajstić information content (AvgIpc) is 3.95. The molecular weight excluding hydrogens is 843 g/mol. The van der Waals surface area contributed by atoms with Crippen molar-refractivity contribution in [2.24, 2.45) is 17.6 Å². The summed E-state index contributed by atoms with van der Waals surface area (Å²) in [7, 11) is -3.47. The van der Waals surface area contributed by atoms with Crippen LogP contribution < -0.4 is 21.5 Å². The van der Waals surface area contributed by atoms with E-state index in [9.17, 15) is 32.4 Å². The van der Waals surface area contributed by atoms with Crippen LogP contribution >= 0.6 is 11.3 Å². The zero-order valence-electron chi connectivity index (χ0n) is 37.4. The van der Waals surface area contributed by atoms with Crippen LogP contribution in [0.15, 0.2) is 70.9 Å². The lowest BCUT2D eigenvalue weighted by molar-refractivity contribution is -0.136. The first-order valence-corrected chi connectivity index (χ1v) is 24.1. The SMILES string of the molecule is CC(C)(C)OC(=O)NCC(=O)N1CCCC1C(N)=O.CC(C)n1c(=O)[nH]c2c(-c3csc(-c4ccccc4)n3)cccc21.CCCCC/C=C\C1CC1C(=O)NS(=O)(=O)C1(C)CC1. The molecule has 1 aliphatic heterocycles. The van der Waals surface area contributed by atoms with Gasteiger partial charge in [0.05, 0.1) is 21.5 Å². The minimum Gasteiger partial charge on any atom is -0.444 e. The number of likely N-dealkylation sites (tertiary alicyclic amines) is 1. The second kappa shape index (κ2) is 20.9. The number of benzene rings is 2. The largest absolute Gasteiger partial charge is 0.444 e. The highest BCUT2D eigenvalue weighted by Crippen LogP contribution is 2.44. The Morgan fingerprint density at radius 1 is 1.08 bits per heavy atom. The highest BCUT2D eigenvalue weighted by molar-refractivity contribution is 7.91. The molecule has 17 heteroatoms. The maximum Gasteiger partial charge on any atom is 0.408 e. The number of aromatic amines is 1. The number of nitrogens with two attached hydrogens (primary N) is 1. The number of fused-ring (bicyclic) bond motifs is 1. The predicted octanol–water partition coefficient (Wildman–Crippen LogP) is 7.45. The lowest BCUT2D eigenvalue weighted by Crippen LogP contribution is -2.48. The molecule has 15 nitrogen and oxygen atoms in total. The van der Waals surface area contributed by atoms with Crippen LogP contribution in [-0.4, -0.2) is 81.1 Å². The van der Waals surface area contributed by atoms with E-state index in [4.69, 9.17) is 15.5 Å². The zero-order valence-corrected chi connectivity index (χ0v) is 39.1. The van der Waals surface area contributed by atoms with Crippen molar-refractivity contribution >= 4 is 56.2 Å². The molecule has 4 amide bonds. The van der Waals surface area contributed by atoms with E-state index in [-0.39, 0.29) is 41.9 Å². The number of allylic oxidation sites excluding steroid dienone is 2. The molecule has 4 aromatic rings. The van der Waals surface area contributed by atoms with Gasteiger partial charge in [0.25, 0.3) is 0 Å². The molecule has 0 bridgehead atoms. The van der Waals surface area contributed by atoms with Gasteiger partial charge < -0.3 is 25.7 Å². The number of unbranched alkanes of at least 4 members (excludes halogenated alkanes) is 3. The fourth-order valence-corrected chi connectivity index (χ4v) is 9.33. The maximum absolute atomic E-state index is 12.3. The molecule has 342 valence electrons. The molecule has 2 aliphatic carbocycles. The number of rotatable bonds is 14. The summed E-state index contributed by atoms with van der Waals surface area (Å²) in [5, 5.41) is 5.39. The zero-order chi connectivity index (χ0) is 46.1. The van der Waals surface area contributed by atoms with E-state index < -0.39 is 38.4 Å². The van der Waals surface area contributed by atoms with Gasteiger partial charge in [-0.2, -0.15) is 0 Å². The monoisotopic (exact) mass is 905 g/mol. The van der Waals surface area contributed by atoms with E-state index in [2.05, 4.69) is 46.2 Å². The van der Waals surface area contributed by atoms with E-state index in [0.717, 1.165) is 52.1 Å². The summed E-state index contributed by atoms with van der Waals surface area (Å²) in [6.45, 7) is 13.4. The summed E-state index contributed by atoms with van der Waals surface area (Å²) in [4.78, 5) is 67.8. The number of aromatic nitrogens is 3. The van der Waals surface area contributed by atoms with Crippen molar-refractivity contribution < 1.29 is 32.3 Å². The first-order valence-electron chi connectivity index (χ1n) is 21.8. The molecule has 3 unspecified atom stereocenters. The van der Waals surface area contributed by atoms with Crippen molar-refractivity contribution in [2.75, 3.05) is 13.1 Å². The Bertz CT molecular complexity index is 2430. The molecule has 0 radical (unpaired) electrons. The molecule has 3 atom stereocenters. The van der Waals surface area contributed by atoms with Crippen molar-refractivity contribution in [3.63, 3.8) is 0 Å². The van der Waals surface area contributed by atoms with Crippen LogP contribution in [0.5, 0.6) is 0 Å². The summed E-state index contributed by atoms with van der Waals surface area (Å²) in [6.07, 6.45) is 11.6. The molecule has 2 aromatic heterocycles. The molecule has 2 aromatic carbocycles. The number of nitrogens with one attached hydrogen (secondary N) is 3. The van der Waals surface area contributed by atoms with Crippen LogP contribution in [0.25, 0.3) is 32.9 Å². The van der Waals surface area contributed by atoms with Gasteiger partial charge in [-0.1, -0.05) is 74.4 Å².